The van der Waals surface area contributed by atoms with Crippen LogP contribution < -0.4 is 9.64 Å². The summed E-state index contributed by atoms with van der Waals surface area (Å²) in [6, 6.07) is 14.6. The van der Waals surface area contributed by atoms with Crippen molar-refractivity contribution in [2.75, 3.05) is 25.1 Å². The molecule has 0 spiro atoms. The number of benzene rings is 2. The summed E-state index contributed by atoms with van der Waals surface area (Å²) in [5.41, 5.74) is 1.75. The molecule has 5 nitrogen and oxygen atoms in total. The van der Waals surface area contributed by atoms with Gasteiger partial charge in [0.2, 0.25) is 11.8 Å². The van der Waals surface area contributed by atoms with Gasteiger partial charge in [-0.3, -0.25) is 9.59 Å². The van der Waals surface area contributed by atoms with Gasteiger partial charge in [-0.1, -0.05) is 41.9 Å². The van der Waals surface area contributed by atoms with E-state index in [1.807, 2.05) is 30.3 Å². The fourth-order valence-corrected chi connectivity index (χ4v) is 3.53. The Labute approximate surface area is 164 Å². The zero-order valence-electron chi connectivity index (χ0n) is 15.5. The van der Waals surface area contributed by atoms with E-state index in [9.17, 15) is 9.59 Å². The van der Waals surface area contributed by atoms with Gasteiger partial charge >= 0.3 is 0 Å². The van der Waals surface area contributed by atoms with E-state index in [1.165, 1.54) is 0 Å². The number of methoxy groups -OCH3 is 1. The van der Waals surface area contributed by atoms with Crippen molar-refractivity contribution in [3.05, 3.63) is 59.1 Å². The van der Waals surface area contributed by atoms with Crippen LogP contribution in [0.3, 0.4) is 0 Å². The van der Waals surface area contributed by atoms with Gasteiger partial charge in [0, 0.05) is 24.5 Å². The first kappa shape index (κ1) is 19.2. The summed E-state index contributed by atoms with van der Waals surface area (Å²) in [4.78, 5) is 28.9. The predicted octanol–water partition coefficient (Wildman–Crippen LogP) is 3.55. The maximum absolute atomic E-state index is 12.9. The topological polar surface area (TPSA) is 49.9 Å². The van der Waals surface area contributed by atoms with Gasteiger partial charge in [0.15, 0.2) is 0 Å². The van der Waals surface area contributed by atoms with Crippen molar-refractivity contribution in [3.8, 4) is 5.75 Å². The summed E-state index contributed by atoms with van der Waals surface area (Å²) < 4.78 is 5.37. The minimum absolute atomic E-state index is 0.00240. The number of aryl methyl sites for hydroxylation is 1. The smallest absolute Gasteiger partial charge is 0.249 e. The molecule has 0 aromatic heterocycles. The highest BCUT2D eigenvalue weighted by Crippen LogP contribution is 2.33. The van der Waals surface area contributed by atoms with Gasteiger partial charge in [0.25, 0.3) is 0 Å². The molecular formula is C21H23ClN2O3. The number of amides is 2. The highest BCUT2D eigenvalue weighted by molar-refractivity contribution is 6.31. The second-order valence-corrected chi connectivity index (χ2v) is 6.99. The average Bonchev–Trinajstić information content (AvgIpc) is 2.69. The number of hydrogen-bond donors (Lipinski definition) is 0. The van der Waals surface area contributed by atoms with Crippen LogP contribution in [0.5, 0.6) is 5.75 Å². The Morgan fingerprint density at radius 3 is 2.63 bits per heavy atom. The van der Waals surface area contributed by atoms with Crippen molar-refractivity contribution >= 4 is 29.1 Å². The number of nitrogens with zero attached hydrogens (tertiary/aromatic N) is 2. The first-order valence-electron chi connectivity index (χ1n) is 8.99. The molecule has 142 valence electrons. The molecule has 2 amide bonds. The minimum Gasteiger partial charge on any atom is -0.495 e. The summed E-state index contributed by atoms with van der Waals surface area (Å²) in [6.45, 7) is 2.67. The Morgan fingerprint density at radius 1 is 1.19 bits per heavy atom. The van der Waals surface area contributed by atoms with E-state index in [1.54, 1.807) is 42.0 Å². The van der Waals surface area contributed by atoms with Gasteiger partial charge in [0.1, 0.15) is 11.8 Å². The van der Waals surface area contributed by atoms with Crippen molar-refractivity contribution in [1.29, 1.82) is 0 Å². The number of hydrogen-bond acceptors (Lipinski definition) is 3. The average molecular weight is 387 g/mol. The number of anilines is 1. The Morgan fingerprint density at radius 2 is 1.93 bits per heavy atom. The van der Waals surface area contributed by atoms with Crippen molar-refractivity contribution in [2.24, 2.45) is 0 Å². The van der Waals surface area contributed by atoms with Crippen LogP contribution in [-0.4, -0.2) is 43.0 Å². The molecule has 27 heavy (non-hydrogen) atoms. The second-order valence-electron chi connectivity index (χ2n) is 6.55. The van der Waals surface area contributed by atoms with Crippen molar-refractivity contribution < 1.29 is 14.3 Å². The van der Waals surface area contributed by atoms with Gasteiger partial charge in [-0.25, -0.2) is 0 Å². The largest absolute Gasteiger partial charge is 0.495 e. The number of rotatable bonds is 5. The first-order valence-corrected chi connectivity index (χ1v) is 9.37. The summed E-state index contributed by atoms with van der Waals surface area (Å²) in [5.74, 6) is 0.455. The Balaban J connectivity index is 1.69. The van der Waals surface area contributed by atoms with Crippen LogP contribution in [0.15, 0.2) is 48.5 Å². The molecule has 0 unspecified atom stereocenters. The van der Waals surface area contributed by atoms with Crippen LogP contribution >= 0.6 is 11.6 Å². The van der Waals surface area contributed by atoms with Crippen LogP contribution in [-0.2, 0) is 16.0 Å². The van der Waals surface area contributed by atoms with E-state index in [0.29, 0.717) is 42.4 Å². The molecule has 0 saturated carbocycles. The van der Waals surface area contributed by atoms with E-state index in [2.05, 4.69) is 0 Å². The van der Waals surface area contributed by atoms with E-state index in [4.69, 9.17) is 16.3 Å². The quantitative estimate of drug-likeness (QED) is 0.789. The van der Waals surface area contributed by atoms with Crippen LogP contribution in [0.25, 0.3) is 0 Å². The SMILES string of the molecule is COc1ccc(Cl)cc1N1CCN(C(=O)CCc2ccccc2)[C@H](C)C1=O. The van der Waals surface area contributed by atoms with Crippen LogP contribution in [0.4, 0.5) is 5.69 Å². The molecule has 6 heteroatoms. The number of halogens is 1. The molecule has 0 radical (unpaired) electrons. The molecule has 1 aliphatic rings. The van der Waals surface area contributed by atoms with Gasteiger partial charge in [-0.15, -0.1) is 0 Å². The standard InChI is InChI=1S/C21H23ClN2O3/c1-15-21(26)24(18-14-17(22)9-10-19(18)27-2)13-12-23(15)20(25)11-8-16-6-4-3-5-7-16/h3-7,9-10,14-15H,8,11-13H2,1-2H3/t15-/m1/s1. The van der Waals surface area contributed by atoms with Gasteiger partial charge in [0.05, 0.1) is 12.8 Å². The van der Waals surface area contributed by atoms with E-state index in [0.717, 1.165) is 5.56 Å². The van der Waals surface area contributed by atoms with E-state index in [-0.39, 0.29) is 11.8 Å². The zero-order chi connectivity index (χ0) is 19.4. The third kappa shape index (κ3) is 4.25. The first-order chi connectivity index (χ1) is 13.0. The Hall–Kier alpha value is -2.53. The second kappa shape index (κ2) is 8.44. The molecule has 2 aromatic rings. The highest BCUT2D eigenvalue weighted by Gasteiger charge is 2.35. The Kier molecular flexibility index (Phi) is 6.01. The zero-order valence-corrected chi connectivity index (χ0v) is 16.3. The summed E-state index contributed by atoms with van der Waals surface area (Å²) in [6.07, 6.45) is 1.06. The van der Waals surface area contributed by atoms with E-state index < -0.39 is 6.04 Å². The van der Waals surface area contributed by atoms with E-state index >= 15 is 0 Å². The molecule has 2 aromatic carbocycles. The molecule has 1 heterocycles. The summed E-state index contributed by atoms with van der Waals surface area (Å²) in [7, 11) is 1.56. The fraction of sp³-hybridized carbons (Fsp3) is 0.333. The lowest BCUT2D eigenvalue weighted by Crippen LogP contribution is -2.57. The minimum atomic E-state index is -0.522. The summed E-state index contributed by atoms with van der Waals surface area (Å²) >= 11 is 6.10. The van der Waals surface area contributed by atoms with Crippen LogP contribution in [0, 0.1) is 0 Å². The maximum atomic E-state index is 12.9. The maximum Gasteiger partial charge on any atom is 0.249 e. The molecule has 1 fully saturated rings. The fourth-order valence-electron chi connectivity index (χ4n) is 3.36. The molecule has 1 atom stereocenters. The lowest BCUT2D eigenvalue weighted by atomic mass is 10.1. The van der Waals surface area contributed by atoms with Gasteiger partial charge in [-0.05, 0) is 37.1 Å². The lowest BCUT2D eigenvalue weighted by Gasteiger charge is -2.39. The van der Waals surface area contributed by atoms with Crippen LogP contribution in [0.2, 0.25) is 5.02 Å². The van der Waals surface area contributed by atoms with Crippen molar-refractivity contribution in [1.82, 2.24) is 4.90 Å². The molecule has 3 rings (SSSR count). The van der Waals surface area contributed by atoms with Crippen molar-refractivity contribution in [2.45, 2.75) is 25.8 Å². The predicted molar refractivity (Wildman–Crippen MR) is 106 cm³/mol. The third-order valence-corrected chi connectivity index (χ3v) is 5.11. The summed E-state index contributed by atoms with van der Waals surface area (Å²) in [5, 5.41) is 0.535. The highest BCUT2D eigenvalue weighted by atomic mass is 35.5. The molecule has 1 saturated heterocycles. The number of carbonyl (C=O) groups excluding carboxylic acids is 2. The molecular weight excluding hydrogens is 364 g/mol. The van der Waals surface area contributed by atoms with Crippen molar-refractivity contribution in [3.63, 3.8) is 0 Å². The van der Waals surface area contributed by atoms with Crippen LogP contribution in [0.1, 0.15) is 18.9 Å². The number of carbonyl (C=O) groups is 2. The third-order valence-electron chi connectivity index (χ3n) is 4.88. The lowest BCUT2D eigenvalue weighted by molar-refractivity contribution is -0.140. The van der Waals surface area contributed by atoms with Gasteiger partial charge in [-0.2, -0.15) is 0 Å². The molecule has 0 aliphatic carbocycles. The number of piperazine rings is 1. The normalized spacial score (nSPS) is 17.1. The monoisotopic (exact) mass is 386 g/mol. The molecule has 1 aliphatic heterocycles. The molecule has 0 bridgehead atoms. The van der Waals surface area contributed by atoms with Gasteiger partial charge < -0.3 is 14.5 Å². The number of ether oxygens (including phenoxy) is 1. The Bertz CT molecular complexity index is 825. The molecule has 0 N–H and O–H groups in total.